The topological polar surface area (TPSA) is 64.3 Å². The summed E-state index contributed by atoms with van der Waals surface area (Å²) in [6.45, 7) is 6.72. The number of nitrogens with zero attached hydrogens (tertiary/aromatic N) is 2. The standard InChI is InChI=1S/C10H14N2O3.K.H/c1-6-7-4-15-10(2,3)5-12(7)11-8(6)9(13)14;;/h4-5H2,1-3H3,(H,13,14);;. The second kappa shape index (κ2) is 4.87. The molecule has 0 fully saturated rings. The van der Waals surface area contributed by atoms with Crippen LogP contribution >= 0.6 is 0 Å². The van der Waals surface area contributed by atoms with E-state index in [9.17, 15) is 4.79 Å². The van der Waals surface area contributed by atoms with Crippen LogP contribution in [0.5, 0.6) is 0 Å². The van der Waals surface area contributed by atoms with Crippen LogP contribution in [0.4, 0.5) is 0 Å². The number of carboxylic acids is 1. The van der Waals surface area contributed by atoms with Crippen molar-refractivity contribution in [3.8, 4) is 0 Å². The molecule has 2 rings (SSSR count). The van der Waals surface area contributed by atoms with Crippen LogP contribution in [0, 0.1) is 6.92 Å². The number of aromatic nitrogens is 2. The monoisotopic (exact) mass is 250 g/mol. The maximum absolute atomic E-state index is 10.9. The molecule has 0 aliphatic carbocycles. The molecule has 0 saturated heterocycles. The van der Waals surface area contributed by atoms with Gasteiger partial charge in [-0.2, -0.15) is 5.10 Å². The van der Waals surface area contributed by atoms with E-state index in [1.807, 2.05) is 13.8 Å². The van der Waals surface area contributed by atoms with Crippen LogP contribution in [0.3, 0.4) is 0 Å². The van der Waals surface area contributed by atoms with E-state index < -0.39 is 5.97 Å². The summed E-state index contributed by atoms with van der Waals surface area (Å²) in [6.07, 6.45) is 0. The molecule has 1 aliphatic heterocycles. The normalized spacial score (nSPS) is 17.4. The Labute approximate surface area is 137 Å². The number of rotatable bonds is 1. The van der Waals surface area contributed by atoms with Crippen molar-refractivity contribution in [1.82, 2.24) is 9.78 Å². The Morgan fingerprint density at radius 1 is 1.56 bits per heavy atom. The van der Waals surface area contributed by atoms with Gasteiger partial charge in [-0.25, -0.2) is 4.79 Å². The third kappa shape index (κ3) is 2.57. The third-order valence-corrected chi connectivity index (χ3v) is 2.65. The number of hydrogen-bond donors (Lipinski definition) is 1. The number of hydrogen-bond acceptors (Lipinski definition) is 3. The number of carboxylic acid groups (broad SMARTS) is 1. The van der Waals surface area contributed by atoms with Crippen LogP contribution in [0.2, 0.25) is 0 Å². The Morgan fingerprint density at radius 3 is 2.75 bits per heavy atom. The fourth-order valence-electron chi connectivity index (χ4n) is 1.77. The molecule has 6 heteroatoms. The van der Waals surface area contributed by atoms with E-state index in [1.165, 1.54) is 0 Å². The molecule has 1 aromatic heterocycles. The molecular formula is C10H15KN2O3. The molecule has 1 N–H and O–H groups in total. The molecule has 84 valence electrons. The molecule has 1 aromatic rings. The van der Waals surface area contributed by atoms with E-state index in [0.29, 0.717) is 18.7 Å². The second-order valence-corrected chi connectivity index (χ2v) is 4.43. The third-order valence-electron chi connectivity index (χ3n) is 2.65. The van der Waals surface area contributed by atoms with Gasteiger partial charge in [-0.1, -0.05) is 0 Å². The van der Waals surface area contributed by atoms with Gasteiger partial charge >= 0.3 is 57.4 Å². The average molecular weight is 250 g/mol. The molecule has 0 radical (unpaired) electrons. The summed E-state index contributed by atoms with van der Waals surface area (Å²) >= 11 is 0. The van der Waals surface area contributed by atoms with Crippen LogP contribution < -0.4 is 0 Å². The van der Waals surface area contributed by atoms with Crippen molar-refractivity contribution in [2.45, 2.75) is 39.5 Å². The van der Waals surface area contributed by atoms with Gasteiger partial charge in [0, 0.05) is 5.56 Å². The molecule has 0 amide bonds. The van der Waals surface area contributed by atoms with Crippen LogP contribution in [-0.4, -0.2) is 77.8 Å². The van der Waals surface area contributed by atoms with Gasteiger partial charge in [0.05, 0.1) is 24.4 Å². The summed E-state index contributed by atoms with van der Waals surface area (Å²) in [5.41, 5.74) is 1.43. The summed E-state index contributed by atoms with van der Waals surface area (Å²) < 4.78 is 7.35. The predicted molar refractivity (Wildman–Crippen MR) is 59.9 cm³/mol. The van der Waals surface area contributed by atoms with Crippen molar-refractivity contribution >= 4 is 57.4 Å². The molecule has 0 aromatic carbocycles. The molecule has 1 aliphatic rings. The molecule has 0 saturated carbocycles. The number of fused-ring (bicyclic) bond motifs is 1. The van der Waals surface area contributed by atoms with E-state index in [-0.39, 0.29) is 62.7 Å². The Hall–Kier alpha value is 0.276. The summed E-state index contributed by atoms with van der Waals surface area (Å²) in [7, 11) is 0. The second-order valence-electron chi connectivity index (χ2n) is 4.43. The number of carbonyl (C=O) groups is 1. The van der Waals surface area contributed by atoms with Crippen LogP contribution in [-0.2, 0) is 17.9 Å². The van der Waals surface area contributed by atoms with E-state index in [0.717, 1.165) is 5.69 Å². The molecule has 16 heavy (non-hydrogen) atoms. The Kier molecular flexibility index (Phi) is 4.37. The first-order valence-electron chi connectivity index (χ1n) is 4.84. The van der Waals surface area contributed by atoms with Gasteiger partial charge in [0.15, 0.2) is 5.69 Å². The van der Waals surface area contributed by atoms with E-state index >= 15 is 0 Å². The van der Waals surface area contributed by atoms with Crippen LogP contribution in [0.1, 0.15) is 35.6 Å². The van der Waals surface area contributed by atoms with Crippen LogP contribution in [0.25, 0.3) is 0 Å². The van der Waals surface area contributed by atoms with Crippen molar-refractivity contribution in [3.63, 3.8) is 0 Å². The van der Waals surface area contributed by atoms with Gasteiger partial charge in [0.1, 0.15) is 0 Å². The zero-order chi connectivity index (χ0) is 11.2. The SMILES string of the molecule is Cc1c(C(=O)O)nn2c1COC(C)(C)C2.[KH]. The Balaban J connectivity index is 0.00000128. The van der Waals surface area contributed by atoms with Crippen molar-refractivity contribution < 1.29 is 14.6 Å². The molecule has 0 spiro atoms. The zero-order valence-electron chi connectivity index (χ0n) is 9.07. The minimum absolute atomic E-state index is 0. The number of aromatic carboxylic acids is 1. The number of ether oxygens (including phenoxy) is 1. The van der Waals surface area contributed by atoms with Crippen LogP contribution in [0.15, 0.2) is 0 Å². The molecule has 0 bridgehead atoms. The fraction of sp³-hybridized carbons (Fsp3) is 0.600. The van der Waals surface area contributed by atoms with Gasteiger partial charge in [-0.15, -0.1) is 0 Å². The van der Waals surface area contributed by atoms with E-state index in [2.05, 4.69) is 5.10 Å². The van der Waals surface area contributed by atoms with E-state index in [4.69, 9.17) is 9.84 Å². The summed E-state index contributed by atoms with van der Waals surface area (Å²) in [4.78, 5) is 10.9. The summed E-state index contributed by atoms with van der Waals surface area (Å²) in [6, 6.07) is 0. The Morgan fingerprint density at radius 2 is 2.19 bits per heavy atom. The first-order valence-corrected chi connectivity index (χ1v) is 4.84. The minimum atomic E-state index is -0.979. The molecule has 0 unspecified atom stereocenters. The Bertz CT molecular complexity index is 426. The molecule has 5 nitrogen and oxygen atoms in total. The quantitative estimate of drug-likeness (QED) is 0.739. The van der Waals surface area contributed by atoms with Crippen molar-refractivity contribution in [2.24, 2.45) is 0 Å². The first kappa shape index (κ1) is 14.3. The van der Waals surface area contributed by atoms with Gasteiger partial charge < -0.3 is 9.84 Å². The predicted octanol–water partition coefficient (Wildman–Crippen LogP) is 0.550. The molecule has 2 heterocycles. The van der Waals surface area contributed by atoms with Gasteiger partial charge in [-0.3, -0.25) is 4.68 Å². The molecule has 0 atom stereocenters. The average Bonchev–Trinajstić information content (AvgIpc) is 2.41. The van der Waals surface area contributed by atoms with Gasteiger partial charge in [0.25, 0.3) is 0 Å². The van der Waals surface area contributed by atoms with Crippen molar-refractivity contribution in [1.29, 1.82) is 0 Å². The first-order chi connectivity index (χ1) is 6.91. The summed E-state index contributed by atoms with van der Waals surface area (Å²) in [5.74, 6) is -0.979. The maximum atomic E-state index is 10.9. The molecular weight excluding hydrogens is 235 g/mol. The fourth-order valence-corrected chi connectivity index (χ4v) is 1.77. The van der Waals surface area contributed by atoms with Gasteiger partial charge in [-0.05, 0) is 20.8 Å². The zero-order valence-corrected chi connectivity index (χ0v) is 9.07. The van der Waals surface area contributed by atoms with E-state index in [1.54, 1.807) is 11.6 Å². The van der Waals surface area contributed by atoms with Gasteiger partial charge in [0.2, 0.25) is 0 Å². The van der Waals surface area contributed by atoms with Crippen molar-refractivity contribution in [3.05, 3.63) is 17.0 Å². The summed E-state index contributed by atoms with van der Waals surface area (Å²) in [5, 5.41) is 13.0. The van der Waals surface area contributed by atoms with Crippen molar-refractivity contribution in [2.75, 3.05) is 0 Å².